The lowest BCUT2D eigenvalue weighted by molar-refractivity contribution is -0.0730. The molecular weight excluding hydrogens is 194 g/mol. The van der Waals surface area contributed by atoms with Crippen LogP contribution in [-0.4, -0.2) is 24.5 Å². The molecule has 0 spiro atoms. The maximum Gasteiger partial charge on any atom is 0.254 e. The van der Waals surface area contributed by atoms with Gasteiger partial charge in [0.05, 0.1) is 6.10 Å². The van der Waals surface area contributed by atoms with Crippen molar-refractivity contribution in [3.8, 4) is 5.88 Å². The molecule has 84 valence electrons. The Labute approximate surface area is 89.5 Å². The average Bonchev–Trinajstić information content (AvgIpc) is 2.48. The van der Waals surface area contributed by atoms with E-state index < -0.39 is 0 Å². The van der Waals surface area contributed by atoms with Crippen LogP contribution in [0.15, 0.2) is 10.6 Å². The van der Waals surface area contributed by atoms with Crippen molar-refractivity contribution in [1.29, 1.82) is 0 Å². The molecule has 4 nitrogen and oxygen atoms in total. The molecule has 2 rings (SSSR count). The topological polar surface area (TPSA) is 44.5 Å². The summed E-state index contributed by atoms with van der Waals surface area (Å²) in [5.41, 5.74) is -0.0262. The monoisotopic (exact) mass is 211 g/mol. The molecule has 0 amide bonds. The van der Waals surface area contributed by atoms with Crippen molar-refractivity contribution < 1.29 is 14.0 Å². The molecular formula is C11H17NO3. The van der Waals surface area contributed by atoms with E-state index >= 15 is 0 Å². The quantitative estimate of drug-likeness (QED) is 0.768. The minimum atomic E-state index is -0.0262. The van der Waals surface area contributed by atoms with Crippen molar-refractivity contribution in [2.75, 3.05) is 13.2 Å². The van der Waals surface area contributed by atoms with Crippen molar-refractivity contribution in [2.45, 2.75) is 38.7 Å². The molecule has 1 atom stereocenters. The van der Waals surface area contributed by atoms with Crippen LogP contribution >= 0.6 is 0 Å². The van der Waals surface area contributed by atoms with Gasteiger partial charge in [0.25, 0.3) is 5.88 Å². The zero-order chi connectivity index (χ0) is 10.9. The Balaban J connectivity index is 1.89. The van der Waals surface area contributed by atoms with Gasteiger partial charge in [-0.2, -0.15) is 0 Å². The fourth-order valence-corrected chi connectivity index (χ4v) is 1.27. The third-order valence-electron chi connectivity index (χ3n) is 2.44. The Kier molecular flexibility index (Phi) is 2.69. The van der Waals surface area contributed by atoms with Gasteiger partial charge in [0.1, 0.15) is 12.4 Å². The van der Waals surface area contributed by atoms with Gasteiger partial charge in [0, 0.05) is 24.5 Å². The zero-order valence-corrected chi connectivity index (χ0v) is 9.45. The van der Waals surface area contributed by atoms with E-state index in [1.165, 1.54) is 0 Å². The lowest BCUT2D eigenvalue weighted by Gasteiger charge is -2.25. The summed E-state index contributed by atoms with van der Waals surface area (Å²) in [6.45, 7) is 7.64. The zero-order valence-electron chi connectivity index (χ0n) is 9.45. The first-order valence-electron chi connectivity index (χ1n) is 5.27. The van der Waals surface area contributed by atoms with Crippen LogP contribution in [0.4, 0.5) is 0 Å². The van der Waals surface area contributed by atoms with Crippen LogP contribution in [0.25, 0.3) is 0 Å². The molecule has 0 aliphatic carbocycles. The van der Waals surface area contributed by atoms with Gasteiger partial charge in [-0.3, -0.25) is 0 Å². The number of ether oxygens (including phenoxy) is 2. The van der Waals surface area contributed by atoms with Gasteiger partial charge in [-0.15, -0.1) is 0 Å². The standard InChI is InChI=1S/C11H17NO3/c1-11(2,3)9-6-10(12-15-9)14-7-8-4-5-13-8/h6,8H,4-5,7H2,1-3H3. The fraction of sp³-hybridized carbons (Fsp3) is 0.727. The van der Waals surface area contributed by atoms with E-state index in [0.717, 1.165) is 18.8 Å². The Bertz CT molecular complexity index is 323. The maximum atomic E-state index is 5.46. The van der Waals surface area contributed by atoms with E-state index in [9.17, 15) is 0 Å². The van der Waals surface area contributed by atoms with Crippen LogP contribution < -0.4 is 4.74 Å². The van der Waals surface area contributed by atoms with Crippen LogP contribution in [-0.2, 0) is 10.2 Å². The predicted octanol–water partition coefficient (Wildman–Crippen LogP) is 2.14. The first-order valence-corrected chi connectivity index (χ1v) is 5.27. The second-order valence-electron chi connectivity index (χ2n) is 4.87. The van der Waals surface area contributed by atoms with E-state index in [1.807, 2.05) is 6.07 Å². The smallest absolute Gasteiger partial charge is 0.254 e. The highest BCUT2D eigenvalue weighted by atomic mass is 16.6. The van der Waals surface area contributed by atoms with E-state index in [-0.39, 0.29) is 11.5 Å². The molecule has 0 N–H and O–H groups in total. The lowest BCUT2D eigenvalue weighted by atomic mass is 9.94. The summed E-state index contributed by atoms with van der Waals surface area (Å²) in [5.74, 6) is 1.39. The van der Waals surface area contributed by atoms with Crippen molar-refractivity contribution in [1.82, 2.24) is 5.16 Å². The molecule has 0 radical (unpaired) electrons. The van der Waals surface area contributed by atoms with Crippen LogP contribution in [0.3, 0.4) is 0 Å². The molecule has 4 heteroatoms. The highest BCUT2D eigenvalue weighted by Crippen LogP contribution is 2.25. The van der Waals surface area contributed by atoms with Gasteiger partial charge in [0.15, 0.2) is 0 Å². The third kappa shape index (κ3) is 2.50. The number of nitrogens with zero attached hydrogens (tertiary/aromatic N) is 1. The first-order chi connectivity index (χ1) is 7.05. The second-order valence-corrected chi connectivity index (χ2v) is 4.87. The second kappa shape index (κ2) is 3.85. The number of hydrogen-bond donors (Lipinski definition) is 0. The summed E-state index contributed by atoms with van der Waals surface area (Å²) in [6.07, 6.45) is 1.31. The summed E-state index contributed by atoms with van der Waals surface area (Å²) in [6, 6.07) is 1.85. The molecule has 1 saturated heterocycles. The van der Waals surface area contributed by atoms with Crippen LogP contribution in [0.2, 0.25) is 0 Å². The molecule has 1 aromatic heterocycles. The van der Waals surface area contributed by atoms with E-state index in [1.54, 1.807) is 0 Å². The van der Waals surface area contributed by atoms with Crippen LogP contribution in [0.1, 0.15) is 33.0 Å². The largest absolute Gasteiger partial charge is 0.473 e. The number of hydrogen-bond acceptors (Lipinski definition) is 4. The lowest BCUT2D eigenvalue weighted by Crippen LogP contribution is -2.32. The average molecular weight is 211 g/mol. The molecule has 1 aromatic rings. The molecule has 2 heterocycles. The normalized spacial score (nSPS) is 21.1. The minimum Gasteiger partial charge on any atom is -0.473 e. The first kappa shape index (κ1) is 10.5. The molecule has 0 bridgehead atoms. The third-order valence-corrected chi connectivity index (χ3v) is 2.44. The summed E-state index contributed by atoms with van der Waals surface area (Å²) in [7, 11) is 0. The van der Waals surface area contributed by atoms with Crippen molar-refractivity contribution in [2.24, 2.45) is 0 Å². The fourth-order valence-electron chi connectivity index (χ4n) is 1.27. The minimum absolute atomic E-state index is 0.0262. The molecule has 1 unspecified atom stereocenters. The Hall–Kier alpha value is -1.03. The summed E-state index contributed by atoms with van der Waals surface area (Å²) in [5, 5.41) is 3.86. The molecule has 1 fully saturated rings. The maximum absolute atomic E-state index is 5.46. The van der Waals surface area contributed by atoms with Crippen molar-refractivity contribution >= 4 is 0 Å². The molecule has 1 aliphatic heterocycles. The molecule has 15 heavy (non-hydrogen) atoms. The van der Waals surface area contributed by atoms with E-state index in [0.29, 0.717) is 12.5 Å². The predicted molar refractivity (Wildman–Crippen MR) is 55.1 cm³/mol. The number of rotatable bonds is 3. The van der Waals surface area contributed by atoms with Gasteiger partial charge >= 0.3 is 0 Å². The molecule has 0 saturated carbocycles. The summed E-state index contributed by atoms with van der Waals surface area (Å²) < 4.78 is 15.9. The van der Waals surface area contributed by atoms with Gasteiger partial charge in [-0.25, -0.2) is 0 Å². The van der Waals surface area contributed by atoms with Crippen molar-refractivity contribution in [3.05, 3.63) is 11.8 Å². The highest BCUT2D eigenvalue weighted by Gasteiger charge is 2.22. The summed E-state index contributed by atoms with van der Waals surface area (Å²) in [4.78, 5) is 0. The number of aromatic nitrogens is 1. The van der Waals surface area contributed by atoms with Gasteiger partial charge in [0.2, 0.25) is 0 Å². The van der Waals surface area contributed by atoms with E-state index in [4.69, 9.17) is 14.0 Å². The van der Waals surface area contributed by atoms with E-state index in [2.05, 4.69) is 25.9 Å². The van der Waals surface area contributed by atoms with Gasteiger partial charge in [-0.1, -0.05) is 20.8 Å². The van der Waals surface area contributed by atoms with Gasteiger partial charge in [-0.05, 0) is 5.16 Å². The van der Waals surface area contributed by atoms with Gasteiger partial charge < -0.3 is 14.0 Å². The van der Waals surface area contributed by atoms with Crippen LogP contribution in [0.5, 0.6) is 5.88 Å². The Morgan fingerprint density at radius 3 is 2.73 bits per heavy atom. The summed E-state index contributed by atoms with van der Waals surface area (Å²) >= 11 is 0. The SMILES string of the molecule is CC(C)(C)c1cc(OCC2CCO2)no1. The van der Waals surface area contributed by atoms with Crippen LogP contribution in [0, 0.1) is 0 Å². The molecule has 1 aliphatic rings. The Morgan fingerprint density at radius 1 is 1.53 bits per heavy atom. The highest BCUT2D eigenvalue weighted by molar-refractivity contribution is 5.17. The molecule has 0 aromatic carbocycles. The Morgan fingerprint density at radius 2 is 2.27 bits per heavy atom. The van der Waals surface area contributed by atoms with Crippen molar-refractivity contribution in [3.63, 3.8) is 0 Å².